The molecule has 0 unspecified atom stereocenters. The lowest BCUT2D eigenvalue weighted by Gasteiger charge is -2.10. The molecule has 0 atom stereocenters. The Kier molecular flexibility index (Phi) is 5.40. The van der Waals surface area contributed by atoms with E-state index in [4.69, 9.17) is 16.7 Å². The van der Waals surface area contributed by atoms with Crippen LogP contribution in [0.1, 0.15) is 31.2 Å². The second-order valence-electron chi connectivity index (χ2n) is 5.96. The Morgan fingerprint density at radius 3 is 2.48 bits per heavy atom. The van der Waals surface area contributed by atoms with Crippen LogP contribution in [-0.2, 0) is 6.54 Å². The first kappa shape index (κ1) is 17.1. The third-order valence-electron chi connectivity index (χ3n) is 3.74. The first-order chi connectivity index (χ1) is 12.1. The monoisotopic (exact) mass is 352 g/mol. The van der Waals surface area contributed by atoms with Crippen molar-refractivity contribution in [2.45, 2.75) is 26.3 Å². The van der Waals surface area contributed by atoms with Crippen molar-refractivity contribution < 1.29 is 4.52 Å². The maximum Gasteiger partial charge on any atom is 0.246 e. The molecule has 0 saturated heterocycles. The second-order valence-corrected chi connectivity index (χ2v) is 6.37. The summed E-state index contributed by atoms with van der Waals surface area (Å²) in [6.07, 6.45) is 0. The van der Waals surface area contributed by atoms with Crippen LogP contribution in [0.4, 0.5) is 5.69 Å². The minimum atomic E-state index is 0.371. The van der Waals surface area contributed by atoms with Gasteiger partial charge in [0.05, 0.1) is 6.54 Å². The first-order valence-corrected chi connectivity index (χ1v) is 8.55. The summed E-state index contributed by atoms with van der Waals surface area (Å²) in [5.41, 5.74) is 3.16. The zero-order valence-corrected chi connectivity index (χ0v) is 15.0. The molecular weight excluding hydrogens is 332 g/mol. The third-order valence-corrected chi connectivity index (χ3v) is 3.98. The predicted molar refractivity (Wildman–Crippen MR) is 103 cm³/mol. The second kappa shape index (κ2) is 7.90. The lowest BCUT2D eigenvalue weighted by molar-refractivity contribution is 0.376. The molecule has 128 valence electrons. The van der Waals surface area contributed by atoms with Crippen LogP contribution >= 0.6 is 12.2 Å². The fraction of sp³-hybridized carbons (Fsp3) is 0.211. The van der Waals surface area contributed by atoms with E-state index >= 15 is 0 Å². The lowest BCUT2D eigenvalue weighted by Crippen LogP contribution is -2.28. The fourth-order valence-electron chi connectivity index (χ4n) is 2.31. The molecule has 0 aliphatic carbocycles. The first-order valence-electron chi connectivity index (χ1n) is 8.14. The molecule has 0 bridgehead atoms. The Morgan fingerprint density at radius 2 is 1.80 bits per heavy atom. The van der Waals surface area contributed by atoms with Crippen LogP contribution in [0.15, 0.2) is 59.1 Å². The molecule has 0 radical (unpaired) electrons. The number of rotatable bonds is 5. The molecule has 0 saturated carbocycles. The quantitative estimate of drug-likeness (QED) is 0.666. The van der Waals surface area contributed by atoms with E-state index < -0.39 is 0 Å². The van der Waals surface area contributed by atoms with Crippen molar-refractivity contribution in [3.63, 3.8) is 0 Å². The van der Waals surface area contributed by atoms with Crippen molar-refractivity contribution >= 4 is 23.0 Å². The fourth-order valence-corrected chi connectivity index (χ4v) is 2.50. The van der Waals surface area contributed by atoms with E-state index in [0.29, 0.717) is 29.3 Å². The summed E-state index contributed by atoms with van der Waals surface area (Å²) in [7, 11) is 0. The number of nitrogens with zero attached hydrogens (tertiary/aromatic N) is 2. The molecule has 3 aromatic rings. The van der Waals surface area contributed by atoms with E-state index in [2.05, 4.69) is 46.8 Å². The number of thiocarbonyl (C=S) groups is 1. The molecule has 25 heavy (non-hydrogen) atoms. The summed E-state index contributed by atoms with van der Waals surface area (Å²) in [6, 6.07) is 17.9. The summed E-state index contributed by atoms with van der Waals surface area (Å²) in [5.74, 6) is 1.56. The lowest BCUT2D eigenvalue weighted by atomic mass is 10.0. The molecule has 3 rings (SSSR count). The predicted octanol–water partition coefficient (Wildman–Crippen LogP) is 4.35. The molecule has 0 fully saturated rings. The maximum absolute atomic E-state index is 5.31. The minimum absolute atomic E-state index is 0.371. The average molecular weight is 352 g/mol. The van der Waals surface area contributed by atoms with Gasteiger partial charge in [-0.25, -0.2) is 0 Å². The van der Waals surface area contributed by atoms with Crippen LogP contribution < -0.4 is 10.6 Å². The van der Waals surface area contributed by atoms with Gasteiger partial charge in [-0.15, -0.1) is 0 Å². The zero-order valence-electron chi connectivity index (χ0n) is 14.2. The van der Waals surface area contributed by atoms with Gasteiger partial charge in [-0.05, 0) is 35.8 Å². The van der Waals surface area contributed by atoms with Gasteiger partial charge in [0, 0.05) is 11.3 Å². The van der Waals surface area contributed by atoms with E-state index in [1.54, 1.807) is 0 Å². The maximum atomic E-state index is 5.31. The molecule has 2 aromatic carbocycles. The van der Waals surface area contributed by atoms with Crippen LogP contribution in [-0.4, -0.2) is 15.3 Å². The van der Waals surface area contributed by atoms with Gasteiger partial charge in [0.2, 0.25) is 11.7 Å². The molecule has 0 aliphatic heterocycles. The highest BCUT2D eigenvalue weighted by Crippen LogP contribution is 2.17. The Balaban J connectivity index is 1.53. The number of aromatic nitrogens is 2. The largest absolute Gasteiger partial charge is 0.353 e. The summed E-state index contributed by atoms with van der Waals surface area (Å²) in [6.45, 7) is 4.71. The van der Waals surface area contributed by atoms with Crippen LogP contribution in [0.5, 0.6) is 0 Å². The normalized spacial score (nSPS) is 10.7. The highest BCUT2D eigenvalue weighted by Gasteiger charge is 2.08. The van der Waals surface area contributed by atoms with Gasteiger partial charge < -0.3 is 15.2 Å². The number of anilines is 1. The van der Waals surface area contributed by atoms with Crippen molar-refractivity contribution in [2.24, 2.45) is 0 Å². The summed E-state index contributed by atoms with van der Waals surface area (Å²) in [4.78, 5) is 4.36. The van der Waals surface area contributed by atoms with Gasteiger partial charge in [-0.3, -0.25) is 0 Å². The molecule has 0 amide bonds. The van der Waals surface area contributed by atoms with Crippen LogP contribution in [0.25, 0.3) is 11.4 Å². The Bertz CT molecular complexity index is 828. The van der Waals surface area contributed by atoms with Crippen molar-refractivity contribution in [3.05, 3.63) is 66.1 Å². The smallest absolute Gasteiger partial charge is 0.246 e. The molecule has 0 aliphatic rings. The molecule has 5 nitrogen and oxygen atoms in total. The standard InChI is InChI=1S/C19H20N4OS/c1-13(2)14-8-10-16(11-9-14)21-19(25)20-12-17-22-18(23-24-17)15-6-4-3-5-7-15/h3-11,13H,12H2,1-2H3,(H2,20,21,25). The van der Waals surface area contributed by atoms with E-state index in [1.165, 1.54) is 5.56 Å². The van der Waals surface area contributed by atoms with E-state index in [-0.39, 0.29) is 0 Å². The van der Waals surface area contributed by atoms with Crippen molar-refractivity contribution in [2.75, 3.05) is 5.32 Å². The van der Waals surface area contributed by atoms with E-state index in [9.17, 15) is 0 Å². The van der Waals surface area contributed by atoms with Crippen LogP contribution in [0, 0.1) is 0 Å². The van der Waals surface area contributed by atoms with Gasteiger partial charge in [-0.1, -0.05) is 61.5 Å². The van der Waals surface area contributed by atoms with Crippen molar-refractivity contribution in [1.29, 1.82) is 0 Å². The summed E-state index contributed by atoms with van der Waals surface area (Å²) in [5, 5.41) is 10.7. The number of benzene rings is 2. The highest BCUT2D eigenvalue weighted by molar-refractivity contribution is 7.80. The van der Waals surface area contributed by atoms with Gasteiger partial charge >= 0.3 is 0 Å². The Hall–Kier alpha value is -2.73. The van der Waals surface area contributed by atoms with Gasteiger partial charge in [0.15, 0.2) is 5.11 Å². The Morgan fingerprint density at radius 1 is 1.08 bits per heavy atom. The van der Waals surface area contributed by atoms with Gasteiger partial charge in [0.1, 0.15) is 0 Å². The van der Waals surface area contributed by atoms with Gasteiger partial charge in [-0.2, -0.15) is 4.98 Å². The molecule has 6 heteroatoms. The van der Waals surface area contributed by atoms with Crippen LogP contribution in [0.2, 0.25) is 0 Å². The van der Waals surface area contributed by atoms with Crippen molar-refractivity contribution in [1.82, 2.24) is 15.5 Å². The average Bonchev–Trinajstić information content (AvgIpc) is 3.10. The number of hydrogen-bond donors (Lipinski definition) is 2. The molecule has 0 spiro atoms. The third kappa shape index (κ3) is 4.64. The molecule has 1 aromatic heterocycles. The highest BCUT2D eigenvalue weighted by atomic mass is 32.1. The van der Waals surface area contributed by atoms with Crippen LogP contribution in [0.3, 0.4) is 0 Å². The number of hydrogen-bond acceptors (Lipinski definition) is 4. The van der Waals surface area contributed by atoms with Crippen molar-refractivity contribution in [3.8, 4) is 11.4 Å². The SMILES string of the molecule is CC(C)c1ccc(NC(=S)NCc2nc(-c3ccccc3)no2)cc1. The minimum Gasteiger partial charge on any atom is -0.353 e. The Labute approximate surface area is 152 Å². The van der Waals surface area contributed by atoms with Gasteiger partial charge in [0.25, 0.3) is 0 Å². The summed E-state index contributed by atoms with van der Waals surface area (Å²) < 4.78 is 5.25. The molecule has 1 heterocycles. The van der Waals surface area contributed by atoms with E-state index in [0.717, 1.165) is 11.3 Å². The zero-order chi connectivity index (χ0) is 17.6. The number of nitrogens with one attached hydrogen (secondary N) is 2. The summed E-state index contributed by atoms with van der Waals surface area (Å²) >= 11 is 5.31. The van der Waals surface area contributed by atoms with E-state index in [1.807, 2.05) is 42.5 Å². The molecular formula is C19H20N4OS. The molecule has 2 N–H and O–H groups in total. The topological polar surface area (TPSA) is 63.0 Å².